The summed E-state index contributed by atoms with van der Waals surface area (Å²) in [5, 5.41) is 4.17. The van der Waals surface area contributed by atoms with Gasteiger partial charge in [-0.1, -0.05) is 6.42 Å². The fourth-order valence-corrected chi connectivity index (χ4v) is 3.52. The molecule has 1 aromatic rings. The van der Waals surface area contributed by atoms with E-state index in [0.29, 0.717) is 24.3 Å². The third-order valence-corrected chi connectivity index (χ3v) is 4.75. The van der Waals surface area contributed by atoms with Crippen LogP contribution in [0.1, 0.15) is 24.8 Å². The zero-order valence-electron chi connectivity index (χ0n) is 11.0. The number of fused-ring (bicyclic) bond motifs is 1. The summed E-state index contributed by atoms with van der Waals surface area (Å²) in [5.74, 6) is -0.119. The number of benzene rings is 1. The third kappa shape index (κ3) is 2.70. The highest BCUT2D eigenvalue weighted by molar-refractivity contribution is 7.86. The number of rotatable bonds is 3. The average Bonchev–Trinajstić information content (AvgIpc) is 2.78. The molecule has 1 aromatic carbocycles. The van der Waals surface area contributed by atoms with Crippen molar-refractivity contribution in [1.82, 2.24) is 5.06 Å². The first-order valence-corrected chi connectivity index (χ1v) is 8.08. The molecule has 2 aliphatic heterocycles. The summed E-state index contributed by atoms with van der Waals surface area (Å²) >= 11 is 0. The van der Waals surface area contributed by atoms with Crippen molar-refractivity contribution in [2.45, 2.75) is 30.6 Å². The lowest BCUT2D eigenvalue weighted by molar-refractivity contribution is -0.115. The van der Waals surface area contributed by atoms with Gasteiger partial charge in [0.15, 0.2) is 0 Å². The largest absolute Gasteiger partial charge is 0.326 e. The molecule has 7 heteroatoms. The van der Waals surface area contributed by atoms with Crippen LogP contribution in [0.25, 0.3) is 0 Å². The maximum absolute atomic E-state index is 12.2. The Morgan fingerprint density at radius 2 is 1.90 bits per heavy atom. The van der Waals surface area contributed by atoms with Gasteiger partial charge in [0.1, 0.15) is 0 Å². The maximum Gasteiger partial charge on any atom is 0.313 e. The highest BCUT2D eigenvalue weighted by Gasteiger charge is 2.25. The van der Waals surface area contributed by atoms with Crippen LogP contribution in [0.5, 0.6) is 0 Å². The first kappa shape index (κ1) is 13.5. The van der Waals surface area contributed by atoms with Crippen molar-refractivity contribution in [3.05, 3.63) is 23.8 Å². The fraction of sp³-hybridized carbons (Fsp3) is 0.462. The van der Waals surface area contributed by atoms with Gasteiger partial charge in [-0.2, -0.15) is 17.8 Å². The molecule has 1 saturated heterocycles. The van der Waals surface area contributed by atoms with Crippen LogP contribution in [0.2, 0.25) is 0 Å². The van der Waals surface area contributed by atoms with Crippen LogP contribution in [0.4, 0.5) is 5.69 Å². The Kier molecular flexibility index (Phi) is 3.49. The van der Waals surface area contributed by atoms with Crippen molar-refractivity contribution < 1.29 is 17.5 Å². The minimum Gasteiger partial charge on any atom is -0.326 e. The zero-order valence-corrected chi connectivity index (χ0v) is 11.8. The number of hydrogen-bond acceptors (Lipinski definition) is 5. The molecule has 2 aliphatic rings. The highest BCUT2D eigenvalue weighted by Crippen LogP contribution is 2.27. The quantitative estimate of drug-likeness (QED) is 0.909. The molecule has 2 heterocycles. The Bertz CT molecular complexity index is 636. The van der Waals surface area contributed by atoms with E-state index in [1.165, 1.54) is 17.2 Å². The van der Waals surface area contributed by atoms with E-state index in [1.54, 1.807) is 6.07 Å². The van der Waals surface area contributed by atoms with Gasteiger partial charge >= 0.3 is 10.1 Å². The lowest BCUT2D eigenvalue weighted by Crippen LogP contribution is -2.32. The SMILES string of the molecule is O=C1Cc2cc(S(=O)(=O)ON3CCCCC3)ccc2N1. The molecular formula is C13H16N2O4S. The molecule has 0 aromatic heterocycles. The molecule has 0 saturated carbocycles. The number of hydrogen-bond donors (Lipinski definition) is 1. The lowest BCUT2D eigenvalue weighted by Gasteiger charge is -2.24. The molecule has 0 unspecified atom stereocenters. The van der Waals surface area contributed by atoms with Crippen LogP contribution in [-0.2, 0) is 25.6 Å². The Labute approximate surface area is 117 Å². The normalized spacial score (nSPS) is 19.7. The van der Waals surface area contributed by atoms with Crippen molar-refractivity contribution >= 4 is 21.7 Å². The molecule has 6 nitrogen and oxygen atoms in total. The number of piperidine rings is 1. The molecular weight excluding hydrogens is 280 g/mol. The smallest absolute Gasteiger partial charge is 0.313 e. The standard InChI is InChI=1S/C13H16N2O4S/c16-13-9-10-8-11(4-5-12(10)14-13)20(17,18)19-15-6-2-1-3-7-15/h4-5,8H,1-3,6-7,9H2,(H,14,16). The van der Waals surface area contributed by atoms with Crippen LogP contribution < -0.4 is 5.32 Å². The average molecular weight is 296 g/mol. The number of amides is 1. The van der Waals surface area contributed by atoms with Gasteiger partial charge < -0.3 is 5.32 Å². The molecule has 1 amide bonds. The highest BCUT2D eigenvalue weighted by atomic mass is 32.2. The number of anilines is 1. The van der Waals surface area contributed by atoms with Crippen LogP contribution in [0.15, 0.2) is 23.1 Å². The minimum absolute atomic E-state index is 0.0957. The Morgan fingerprint density at radius 3 is 2.65 bits per heavy atom. The second-order valence-corrected chi connectivity index (χ2v) is 6.59. The number of carbonyl (C=O) groups is 1. The van der Waals surface area contributed by atoms with Crippen molar-refractivity contribution in [2.24, 2.45) is 0 Å². The zero-order chi connectivity index (χ0) is 14.2. The number of nitrogens with zero attached hydrogens (tertiary/aromatic N) is 1. The first-order valence-electron chi connectivity index (χ1n) is 6.67. The van der Waals surface area contributed by atoms with Gasteiger partial charge in [0.2, 0.25) is 5.91 Å². The summed E-state index contributed by atoms with van der Waals surface area (Å²) in [6, 6.07) is 4.57. The monoisotopic (exact) mass is 296 g/mol. The molecule has 20 heavy (non-hydrogen) atoms. The van der Waals surface area contributed by atoms with Gasteiger partial charge in [0, 0.05) is 18.8 Å². The summed E-state index contributed by atoms with van der Waals surface area (Å²) in [7, 11) is -3.81. The molecule has 0 atom stereocenters. The summed E-state index contributed by atoms with van der Waals surface area (Å²) < 4.78 is 29.6. The first-order chi connectivity index (χ1) is 9.54. The van der Waals surface area contributed by atoms with Gasteiger partial charge in [-0.3, -0.25) is 4.79 Å². The predicted octanol–water partition coefficient (Wildman–Crippen LogP) is 1.29. The van der Waals surface area contributed by atoms with Crippen molar-refractivity contribution in [3.8, 4) is 0 Å². The van der Waals surface area contributed by atoms with E-state index in [-0.39, 0.29) is 17.2 Å². The van der Waals surface area contributed by atoms with E-state index >= 15 is 0 Å². The Morgan fingerprint density at radius 1 is 1.15 bits per heavy atom. The van der Waals surface area contributed by atoms with Crippen molar-refractivity contribution in [1.29, 1.82) is 0 Å². The Balaban J connectivity index is 1.81. The predicted molar refractivity (Wildman–Crippen MR) is 72.5 cm³/mol. The molecule has 1 fully saturated rings. The van der Waals surface area contributed by atoms with E-state index in [2.05, 4.69) is 5.32 Å². The van der Waals surface area contributed by atoms with E-state index in [0.717, 1.165) is 19.3 Å². The van der Waals surface area contributed by atoms with Crippen LogP contribution in [-0.4, -0.2) is 32.5 Å². The molecule has 0 spiro atoms. The topological polar surface area (TPSA) is 75.7 Å². The summed E-state index contributed by atoms with van der Waals surface area (Å²) in [4.78, 5) is 11.4. The molecule has 108 valence electrons. The van der Waals surface area contributed by atoms with Gasteiger partial charge in [0.05, 0.1) is 11.3 Å². The summed E-state index contributed by atoms with van der Waals surface area (Å²) in [5.41, 5.74) is 1.37. The lowest BCUT2D eigenvalue weighted by atomic mass is 10.2. The van der Waals surface area contributed by atoms with Gasteiger partial charge in [-0.05, 0) is 36.6 Å². The van der Waals surface area contributed by atoms with E-state index in [9.17, 15) is 13.2 Å². The molecule has 3 rings (SSSR count). The van der Waals surface area contributed by atoms with E-state index in [1.807, 2.05) is 0 Å². The maximum atomic E-state index is 12.2. The van der Waals surface area contributed by atoms with Gasteiger partial charge in [-0.15, -0.1) is 0 Å². The van der Waals surface area contributed by atoms with Crippen LogP contribution >= 0.6 is 0 Å². The van der Waals surface area contributed by atoms with E-state index in [4.69, 9.17) is 4.28 Å². The van der Waals surface area contributed by atoms with Gasteiger partial charge in [0.25, 0.3) is 0 Å². The number of carbonyl (C=O) groups excluding carboxylic acids is 1. The van der Waals surface area contributed by atoms with Gasteiger partial charge in [-0.25, -0.2) is 0 Å². The molecule has 0 radical (unpaired) electrons. The molecule has 0 bridgehead atoms. The second kappa shape index (κ2) is 5.16. The van der Waals surface area contributed by atoms with Crippen molar-refractivity contribution in [3.63, 3.8) is 0 Å². The second-order valence-electron chi connectivity index (χ2n) is 5.06. The van der Waals surface area contributed by atoms with Crippen LogP contribution in [0, 0.1) is 0 Å². The Hall–Kier alpha value is -1.44. The fourth-order valence-electron chi connectivity index (χ4n) is 2.48. The number of hydroxylamine groups is 2. The summed E-state index contributed by atoms with van der Waals surface area (Å²) in [6.45, 7) is 1.26. The minimum atomic E-state index is -3.81. The van der Waals surface area contributed by atoms with Crippen LogP contribution in [0.3, 0.4) is 0 Å². The number of nitrogens with one attached hydrogen (secondary N) is 1. The van der Waals surface area contributed by atoms with Crippen molar-refractivity contribution in [2.75, 3.05) is 18.4 Å². The molecule has 0 aliphatic carbocycles. The third-order valence-electron chi connectivity index (χ3n) is 3.51. The molecule has 1 N–H and O–H groups in total. The summed E-state index contributed by atoms with van der Waals surface area (Å²) in [6.07, 6.45) is 3.20. The van der Waals surface area contributed by atoms with E-state index < -0.39 is 10.1 Å².